The number of hydrogen-bond donors (Lipinski definition) is 2. The van der Waals surface area contributed by atoms with Crippen molar-refractivity contribution in [3.05, 3.63) is 71.8 Å². The molecule has 0 fully saturated rings. The van der Waals surface area contributed by atoms with Gasteiger partial charge in [0.1, 0.15) is 0 Å². The molecule has 4 rings (SSSR count). The van der Waals surface area contributed by atoms with Crippen molar-refractivity contribution >= 4 is 5.69 Å². The van der Waals surface area contributed by atoms with Crippen LogP contribution in [0.15, 0.2) is 48.5 Å². The first-order chi connectivity index (χ1) is 9.92. The van der Waals surface area contributed by atoms with E-state index in [9.17, 15) is 0 Å². The van der Waals surface area contributed by atoms with Gasteiger partial charge >= 0.3 is 0 Å². The van der Waals surface area contributed by atoms with Gasteiger partial charge in [0.05, 0.1) is 6.54 Å². The molecule has 0 amide bonds. The molecule has 2 aromatic rings. The molecule has 2 radical (unpaired) electrons. The minimum absolute atomic E-state index is 0.376. The Balaban J connectivity index is 1.64. The van der Waals surface area contributed by atoms with Crippen LogP contribution in [-0.2, 0) is 12.8 Å². The van der Waals surface area contributed by atoms with Gasteiger partial charge in [-0.15, -0.1) is 0 Å². The van der Waals surface area contributed by atoms with E-state index in [1.807, 2.05) is 0 Å². The van der Waals surface area contributed by atoms with Crippen LogP contribution >= 0.6 is 0 Å². The number of nitrogens with one attached hydrogen (secondary N) is 2. The summed E-state index contributed by atoms with van der Waals surface area (Å²) in [6.45, 7) is 4.53. The Hall–Kier alpha value is -1.80. The van der Waals surface area contributed by atoms with Crippen LogP contribution in [0.2, 0.25) is 0 Å². The van der Waals surface area contributed by atoms with Crippen LogP contribution in [0, 0.1) is 12.5 Å². The van der Waals surface area contributed by atoms with Crippen molar-refractivity contribution in [3.63, 3.8) is 0 Å². The predicted molar refractivity (Wildman–Crippen MR) is 81.4 cm³/mol. The van der Waals surface area contributed by atoms with E-state index >= 15 is 0 Å². The van der Waals surface area contributed by atoms with Crippen molar-refractivity contribution in [1.29, 1.82) is 0 Å². The van der Waals surface area contributed by atoms with Gasteiger partial charge in [0.15, 0.2) is 0 Å². The van der Waals surface area contributed by atoms with E-state index in [0.29, 0.717) is 12.0 Å². The molecule has 2 aromatic carbocycles. The highest BCUT2D eigenvalue weighted by molar-refractivity contribution is 5.55. The molecule has 0 saturated heterocycles. The highest BCUT2D eigenvalue weighted by Gasteiger charge is 2.30. The van der Waals surface area contributed by atoms with Gasteiger partial charge in [-0.3, -0.25) is 0 Å². The summed E-state index contributed by atoms with van der Waals surface area (Å²) in [5.41, 5.74) is 5.52. The Bertz CT molecular complexity index is 620. The topological polar surface area (TPSA) is 24.1 Å². The summed E-state index contributed by atoms with van der Waals surface area (Å²) in [7, 11) is 0. The Kier molecular flexibility index (Phi) is 2.96. The Morgan fingerprint density at radius 2 is 1.75 bits per heavy atom. The van der Waals surface area contributed by atoms with E-state index in [1.54, 1.807) is 0 Å². The van der Waals surface area contributed by atoms with Crippen LogP contribution in [0.4, 0.5) is 5.69 Å². The van der Waals surface area contributed by atoms with E-state index < -0.39 is 0 Å². The van der Waals surface area contributed by atoms with Gasteiger partial charge in [-0.2, -0.15) is 0 Å². The molecule has 100 valence electrons. The van der Waals surface area contributed by atoms with Crippen molar-refractivity contribution in [2.24, 2.45) is 5.92 Å². The van der Waals surface area contributed by atoms with Crippen LogP contribution < -0.4 is 10.6 Å². The monoisotopic (exact) mass is 262 g/mol. The molecular formula is C18H18N2. The molecule has 0 saturated carbocycles. The summed E-state index contributed by atoms with van der Waals surface area (Å²) in [5, 5.41) is 7.02. The summed E-state index contributed by atoms with van der Waals surface area (Å²) < 4.78 is 0. The van der Waals surface area contributed by atoms with Gasteiger partial charge in [-0.1, -0.05) is 42.5 Å². The van der Waals surface area contributed by atoms with E-state index in [1.165, 1.54) is 22.4 Å². The zero-order valence-corrected chi connectivity index (χ0v) is 11.4. The zero-order chi connectivity index (χ0) is 13.4. The van der Waals surface area contributed by atoms with Gasteiger partial charge in [0.2, 0.25) is 0 Å². The first-order valence-electron chi connectivity index (χ1n) is 7.32. The number of benzene rings is 2. The number of fused-ring (bicyclic) bond motifs is 2. The van der Waals surface area contributed by atoms with Crippen molar-refractivity contribution < 1.29 is 0 Å². The molecule has 20 heavy (non-hydrogen) atoms. The van der Waals surface area contributed by atoms with E-state index in [2.05, 4.69) is 65.7 Å². The van der Waals surface area contributed by atoms with E-state index in [-0.39, 0.29) is 0 Å². The van der Waals surface area contributed by atoms with Crippen LogP contribution in [0.25, 0.3) is 0 Å². The number of para-hydroxylation sites is 1. The van der Waals surface area contributed by atoms with Crippen molar-refractivity contribution in [3.8, 4) is 0 Å². The molecular weight excluding hydrogens is 244 g/mol. The molecule has 2 aliphatic rings. The lowest BCUT2D eigenvalue weighted by Crippen LogP contribution is -2.38. The van der Waals surface area contributed by atoms with Gasteiger partial charge in [-0.25, -0.2) is 0 Å². The SMILES string of the molecule is [C]1Nc2ccccc2CC1C1NCCc2ccccc21. The zero-order valence-electron chi connectivity index (χ0n) is 11.4. The lowest BCUT2D eigenvalue weighted by molar-refractivity contribution is 0.379. The fourth-order valence-electron chi connectivity index (χ4n) is 3.38. The van der Waals surface area contributed by atoms with Crippen LogP contribution in [0.1, 0.15) is 22.7 Å². The maximum atomic E-state index is 3.67. The molecule has 0 spiro atoms. The van der Waals surface area contributed by atoms with Crippen molar-refractivity contribution in [1.82, 2.24) is 5.32 Å². The number of anilines is 1. The predicted octanol–water partition coefficient (Wildman–Crippen LogP) is 3.20. The standard InChI is InChI=1S/C18H18N2/c1-3-7-16-13(5-1)9-10-19-18(16)15-11-14-6-2-4-8-17(14)20-12-15/h1-8,15,18-20H,9-11H2. The smallest absolute Gasteiger partial charge is 0.0938 e. The second-order valence-electron chi connectivity index (χ2n) is 5.62. The normalized spacial score (nSPS) is 24.4. The van der Waals surface area contributed by atoms with E-state index in [0.717, 1.165) is 19.4 Å². The Morgan fingerprint density at radius 3 is 2.70 bits per heavy atom. The molecule has 2 unspecified atom stereocenters. The number of rotatable bonds is 1. The number of hydrogen-bond acceptors (Lipinski definition) is 2. The lowest BCUT2D eigenvalue weighted by Gasteiger charge is -2.36. The molecule has 2 N–H and O–H groups in total. The summed E-state index contributed by atoms with van der Waals surface area (Å²) in [6, 6.07) is 17.7. The van der Waals surface area contributed by atoms with Crippen molar-refractivity contribution in [2.45, 2.75) is 18.9 Å². The highest BCUT2D eigenvalue weighted by Crippen LogP contribution is 2.36. The summed E-state index contributed by atoms with van der Waals surface area (Å²) >= 11 is 0. The third-order valence-corrected chi connectivity index (χ3v) is 4.40. The van der Waals surface area contributed by atoms with Crippen LogP contribution in [0.5, 0.6) is 0 Å². The minimum Gasteiger partial charge on any atom is -0.374 e. The largest absolute Gasteiger partial charge is 0.374 e. The second-order valence-corrected chi connectivity index (χ2v) is 5.62. The maximum Gasteiger partial charge on any atom is 0.0938 e. The quantitative estimate of drug-likeness (QED) is 0.824. The average molecular weight is 262 g/mol. The molecule has 2 nitrogen and oxygen atoms in total. The molecule has 2 heteroatoms. The second kappa shape index (κ2) is 4.95. The third kappa shape index (κ3) is 2.01. The summed E-state index contributed by atoms with van der Waals surface area (Å²) in [4.78, 5) is 0. The van der Waals surface area contributed by atoms with Crippen LogP contribution in [-0.4, -0.2) is 6.54 Å². The summed E-state index contributed by atoms with van der Waals surface area (Å²) in [5.74, 6) is 0.381. The maximum absolute atomic E-state index is 3.67. The third-order valence-electron chi connectivity index (χ3n) is 4.40. The first kappa shape index (κ1) is 12.0. The van der Waals surface area contributed by atoms with Gasteiger partial charge < -0.3 is 10.6 Å². The lowest BCUT2D eigenvalue weighted by atomic mass is 9.81. The molecule has 2 atom stereocenters. The Morgan fingerprint density at radius 1 is 0.950 bits per heavy atom. The molecule has 0 aromatic heterocycles. The van der Waals surface area contributed by atoms with Gasteiger partial charge in [0, 0.05) is 17.6 Å². The first-order valence-corrected chi connectivity index (χ1v) is 7.32. The van der Waals surface area contributed by atoms with E-state index in [4.69, 9.17) is 0 Å². The molecule has 2 heterocycles. The van der Waals surface area contributed by atoms with Crippen LogP contribution in [0.3, 0.4) is 0 Å². The molecule has 0 bridgehead atoms. The summed E-state index contributed by atoms with van der Waals surface area (Å²) in [6.07, 6.45) is 2.18. The molecule has 0 aliphatic carbocycles. The van der Waals surface area contributed by atoms with Gasteiger partial charge in [-0.05, 0) is 42.1 Å². The van der Waals surface area contributed by atoms with Gasteiger partial charge in [0.25, 0.3) is 0 Å². The fourth-order valence-corrected chi connectivity index (χ4v) is 3.38. The Labute approximate surface area is 120 Å². The molecule has 2 aliphatic heterocycles. The van der Waals surface area contributed by atoms with Crippen molar-refractivity contribution in [2.75, 3.05) is 11.9 Å². The fraction of sp³-hybridized carbons (Fsp3) is 0.278. The minimum atomic E-state index is 0.376. The highest BCUT2D eigenvalue weighted by atomic mass is 15.0. The average Bonchev–Trinajstić information content (AvgIpc) is 2.54.